The second-order valence-electron chi connectivity index (χ2n) is 7.43. The summed E-state index contributed by atoms with van der Waals surface area (Å²) in [6.45, 7) is 0.630. The van der Waals surface area contributed by atoms with Gasteiger partial charge in [0.05, 0.1) is 21.2 Å². The first-order valence-corrected chi connectivity index (χ1v) is 13.2. The third-order valence-electron chi connectivity index (χ3n) is 5.37. The molecule has 9 nitrogen and oxygen atoms in total. The number of carbonyl (C=O) groups excluding carboxylic acids is 1. The van der Waals surface area contributed by atoms with Crippen molar-refractivity contribution < 1.29 is 21.6 Å². The number of rotatable bonds is 4. The maximum Gasteiger partial charge on any atom is 0.286 e. The van der Waals surface area contributed by atoms with Crippen LogP contribution >= 0.6 is 11.6 Å². The average Bonchev–Trinajstić information content (AvgIpc) is 2.98. The van der Waals surface area contributed by atoms with Crippen LogP contribution in [0.15, 0.2) is 50.6 Å². The molecule has 2 N–H and O–H groups in total. The highest BCUT2D eigenvalue weighted by molar-refractivity contribution is 7.90. The Morgan fingerprint density at radius 3 is 2.53 bits per heavy atom. The van der Waals surface area contributed by atoms with Crippen LogP contribution in [0.1, 0.15) is 36.0 Å². The van der Waals surface area contributed by atoms with Gasteiger partial charge in [0.15, 0.2) is 0 Å². The molecule has 2 aromatic carbocycles. The Balaban J connectivity index is 1.66. The van der Waals surface area contributed by atoms with Crippen molar-refractivity contribution in [3.8, 4) is 0 Å². The highest BCUT2D eigenvalue weighted by atomic mass is 35.5. The second-order valence-corrected chi connectivity index (χ2v) is 11.3. The Hall–Kier alpha value is -2.47. The molecule has 0 atom stereocenters. The van der Waals surface area contributed by atoms with Crippen molar-refractivity contribution in [2.75, 3.05) is 23.8 Å². The minimum atomic E-state index is -3.97. The predicted molar refractivity (Wildman–Crippen MR) is 123 cm³/mol. The summed E-state index contributed by atoms with van der Waals surface area (Å²) >= 11 is 6.38. The number of anilines is 2. The van der Waals surface area contributed by atoms with Gasteiger partial charge >= 0.3 is 0 Å². The number of amidine groups is 1. The van der Waals surface area contributed by atoms with Gasteiger partial charge in [-0.15, -0.1) is 4.40 Å². The quantitative estimate of drug-likeness (QED) is 0.670. The van der Waals surface area contributed by atoms with Gasteiger partial charge in [0, 0.05) is 18.7 Å². The Kier molecular flexibility index (Phi) is 6.01. The SMILES string of the molecule is CNS(=O)(=O)c1ccc(NC(=O)c2cc3c(cc2Cl)N2CCCCCC2=NS3(=O)=O)cc1. The fraction of sp³-hybridized carbons (Fsp3) is 0.300. The zero-order valence-electron chi connectivity index (χ0n) is 17.1. The molecule has 4 rings (SSSR count). The molecule has 2 heterocycles. The zero-order valence-corrected chi connectivity index (χ0v) is 19.5. The number of hydrogen-bond acceptors (Lipinski definition) is 6. The number of fused-ring (bicyclic) bond motifs is 3. The van der Waals surface area contributed by atoms with Crippen molar-refractivity contribution in [3.63, 3.8) is 0 Å². The van der Waals surface area contributed by atoms with Crippen LogP contribution < -0.4 is 14.9 Å². The maximum atomic E-state index is 12.8. The molecule has 0 saturated carbocycles. The highest BCUT2D eigenvalue weighted by Gasteiger charge is 2.33. The molecule has 0 spiro atoms. The van der Waals surface area contributed by atoms with E-state index in [4.69, 9.17) is 11.6 Å². The van der Waals surface area contributed by atoms with Crippen LogP contribution in [0.3, 0.4) is 0 Å². The molecule has 0 bridgehead atoms. The lowest BCUT2D eigenvalue weighted by Crippen LogP contribution is -2.35. The molecule has 1 saturated heterocycles. The smallest absolute Gasteiger partial charge is 0.286 e. The third-order valence-corrected chi connectivity index (χ3v) is 8.45. The number of hydrogen-bond donors (Lipinski definition) is 2. The van der Waals surface area contributed by atoms with Crippen LogP contribution in [0.2, 0.25) is 5.02 Å². The lowest BCUT2D eigenvalue weighted by molar-refractivity contribution is 0.102. The van der Waals surface area contributed by atoms with Gasteiger partial charge in [-0.3, -0.25) is 4.79 Å². The van der Waals surface area contributed by atoms with E-state index in [1.54, 1.807) is 0 Å². The van der Waals surface area contributed by atoms with Gasteiger partial charge in [-0.1, -0.05) is 18.0 Å². The maximum absolute atomic E-state index is 12.8. The van der Waals surface area contributed by atoms with E-state index < -0.39 is 26.0 Å². The van der Waals surface area contributed by atoms with Crippen molar-refractivity contribution in [1.82, 2.24) is 4.72 Å². The molecule has 32 heavy (non-hydrogen) atoms. The van der Waals surface area contributed by atoms with Crippen molar-refractivity contribution in [2.45, 2.75) is 35.5 Å². The van der Waals surface area contributed by atoms with E-state index in [1.165, 1.54) is 43.4 Å². The van der Waals surface area contributed by atoms with Gasteiger partial charge in [-0.25, -0.2) is 13.1 Å². The Morgan fingerprint density at radius 1 is 1.12 bits per heavy atom. The van der Waals surface area contributed by atoms with Gasteiger partial charge in [0.1, 0.15) is 10.7 Å². The zero-order chi connectivity index (χ0) is 23.1. The number of amides is 1. The van der Waals surface area contributed by atoms with Gasteiger partial charge in [-0.2, -0.15) is 8.42 Å². The summed E-state index contributed by atoms with van der Waals surface area (Å²) in [5, 5.41) is 2.72. The highest BCUT2D eigenvalue weighted by Crippen LogP contribution is 2.38. The second kappa shape index (κ2) is 8.47. The molecule has 0 aromatic heterocycles. The standard InChI is InChI=1S/C20H21ClN4O5S2/c1-22-31(27,28)14-8-6-13(7-9-14)23-20(26)15-11-18-17(12-16(15)21)25-10-4-2-3-5-19(25)24-32(18,29)30/h6-9,11-12,22H,2-5,10H2,1H3,(H,23,26). The van der Waals surface area contributed by atoms with Crippen molar-refractivity contribution in [3.05, 3.63) is 47.0 Å². The summed E-state index contributed by atoms with van der Waals surface area (Å²) < 4.78 is 55.4. The third kappa shape index (κ3) is 4.25. The molecule has 12 heteroatoms. The fourth-order valence-corrected chi connectivity index (χ4v) is 5.94. The first-order chi connectivity index (χ1) is 15.1. The van der Waals surface area contributed by atoms with Gasteiger partial charge < -0.3 is 10.2 Å². The summed E-state index contributed by atoms with van der Waals surface area (Å²) in [4.78, 5) is 14.7. The first kappa shape index (κ1) is 22.7. The number of benzene rings is 2. The normalized spacial score (nSPS) is 17.6. The van der Waals surface area contributed by atoms with E-state index in [9.17, 15) is 21.6 Å². The number of nitrogens with one attached hydrogen (secondary N) is 2. The molecular weight excluding hydrogens is 476 g/mol. The number of carbonyl (C=O) groups is 1. The minimum Gasteiger partial charge on any atom is -0.328 e. The summed E-state index contributed by atoms with van der Waals surface area (Å²) in [5.41, 5.74) is 0.740. The van der Waals surface area contributed by atoms with E-state index in [-0.39, 0.29) is 20.4 Å². The fourth-order valence-electron chi connectivity index (χ4n) is 3.70. The summed E-state index contributed by atoms with van der Waals surface area (Å²) in [6.07, 6.45) is 3.31. The van der Waals surface area contributed by atoms with E-state index >= 15 is 0 Å². The van der Waals surface area contributed by atoms with Crippen molar-refractivity contribution in [2.24, 2.45) is 4.40 Å². The van der Waals surface area contributed by atoms with Crippen molar-refractivity contribution in [1.29, 1.82) is 0 Å². The van der Waals surface area contributed by atoms with Crippen LogP contribution in [0.4, 0.5) is 11.4 Å². The van der Waals surface area contributed by atoms with Crippen LogP contribution in [0.25, 0.3) is 0 Å². The van der Waals surface area contributed by atoms with E-state index in [1.807, 2.05) is 4.90 Å². The lowest BCUT2D eigenvalue weighted by atomic mass is 10.1. The molecule has 1 fully saturated rings. The monoisotopic (exact) mass is 496 g/mol. The van der Waals surface area contributed by atoms with Crippen LogP contribution in [0, 0.1) is 0 Å². The molecule has 2 aliphatic heterocycles. The Bertz CT molecular complexity index is 1320. The minimum absolute atomic E-state index is 0.0191. The molecular formula is C20H21ClN4O5S2. The number of halogens is 1. The van der Waals surface area contributed by atoms with Crippen LogP contribution in [-0.2, 0) is 20.0 Å². The summed E-state index contributed by atoms with van der Waals surface area (Å²) in [5.74, 6) is -0.122. The largest absolute Gasteiger partial charge is 0.328 e. The van der Waals surface area contributed by atoms with Crippen LogP contribution in [0.5, 0.6) is 0 Å². The van der Waals surface area contributed by atoms with E-state index in [2.05, 4.69) is 14.4 Å². The molecule has 170 valence electrons. The lowest BCUT2D eigenvalue weighted by Gasteiger charge is -2.30. The van der Waals surface area contributed by atoms with Gasteiger partial charge in [0.25, 0.3) is 15.9 Å². The molecule has 0 aliphatic carbocycles. The topological polar surface area (TPSA) is 125 Å². The Morgan fingerprint density at radius 2 is 1.84 bits per heavy atom. The number of sulfonamides is 2. The van der Waals surface area contributed by atoms with E-state index in [0.717, 1.165) is 19.3 Å². The van der Waals surface area contributed by atoms with Gasteiger partial charge in [-0.05, 0) is 56.3 Å². The molecule has 2 aromatic rings. The predicted octanol–water partition coefficient (Wildman–Crippen LogP) is 2.98. The molecule has 0 radical (unpaired) electrons. The summed E-state index contributed by atoms with van der Waals surface area (Å²) in [7, 11) is -6.27. The summed E-state index contributed by atoms with van der Waals surface area (Å²) in [6, 6.07) is 8.28. The molecule has 1 amide bonds. The van der Waals surface area contributed by atoms with E-state index in [0.29, 0.717) is 30.2 Å². The Labute approximate surface area is 191 Å². The number of nitrogens with zero attached hydrogens (tertiary/aromatic N) is 2. The van der Waals surface area contributed by atoms with Crippen LogP contribution in [-0.4, -0.2) is 42.2 Å². The average molecular weight is 497 g/mol. The first-order valence-electron chi connectivity index (χ1n) is 9.92. The molecule has 2 aliphatic rings. The molecule has 0 unspecified atom stereocenters. The van der Waals surface area contributed by atoms with Crippen molar-refractivity contribution >= 4 is 54.8 Å². The van der Waals surface area contributed by atoms with Gasteiger partial charge in [0.2, 0.25) is 10.0 Å².